The van der Waals surface area contributed by atoms with E-state index in [1.165, 1.54) is 12.1 Å². The van der Waals surface area contributed by atoms with Gasteiger partial charge in [0.15, 0.2) is 0 Å². The Hall–Kier alpha value is -4.71. The third kappa shape index (κ3) is 5.49. The van der Waals surface area contributed by atoms with Gasteiger partial charge in [-0.3, -0.25) is 10.1 Å². The molecular weight excluding hydrogens is 473 g/mol. The molecule has 0 radical (unpaired) electrons. The number of rotatable bonds is 9. The highest BCUT2D eigenvalue weighted by Gasteiger charge is 2.14. The average molecular weight is 506 g/mol. The minimum absolute atomic E-state index is 0.300. The van der Waals surface area contributed by atoms with Crippen molar-refractivity contribution in [3.8, 4) is 22.6 Å². The molecule has 0 aliphatic carbocycles. The zero-order valence-corrected chi connectivity index (χ0v) is 22.0. The lowest BCUT2D eigenvalue weighted by Gasteiger charge is -2.10. The summed E-state index contributed by atoms with van der Waals surface area (Å²) in [6, 6.07) is 10.4. The molecule has 0 spiro atoms. The second kappa shape index (κ2) is 11.6. The van der Waals surface area contributed by atoms with E-state index in [0.29, 0.717) is 11.3 Å². The lowest BCUT2D eigenvalue weighted by Crippen LogP contribution is -2.23. The number of hydrogen-bond acceptors (Lipinski definition) is 3. The van der Waals surface area contributed by atoms with Crippen LogP contribution in [0.15, 0.2) is 103 Å². The maximum absolute atomic E-state index is 13.9. The number of H-pyrrole nitrogens is 2. The number of hydrogen-bond donors (Lipinski definition) is 3. The summed E-state index contributed by atoms with van der Waals surface area (Å²) in [6.45, 7) is 18.3. The molecule has 6 heteroatoms. The van der Waals surface area contributed by atoms with Crippen LogP contribution in [-0.2, 0) is 0 Å². The predicted octanol–water partition coefficient (Wildman–Crippen LogP) is 6.43. The molecule has 1 aromatic carbocycles. The van der Waals surface area contributed by atoms with Crippen molar-refractivity contribution in [2.45, 2.75) is 27.2 Å². The Kier molecular flexibility index (Phi) is 8.02. The Morgan fingerprint density at radius 3 is 2.63 bits per heavy atom. The second-order valence-corrected chi connectivity index (χ2v) is 8.80. The molecule has 0 aliphatic rings. The Morgan fingerprint density at radius 1 is 1.13 bits per heavy atom. The van der Waals surface area contributed by atoms with Crippen LogP contribution in [0.2, 0.25) is 0 Å². The standard InChI is InChI=1S/C32H32FN5/c1-7-21(6)35-25(9-3)18-22(8-2)20(5)16-26-28(10-4)37-38-32(26)30-19-27-29(36-30)14-15-34-31(27)23-12-11-13-24(33)17-23/h8-19,35-37H,3,5-7H2,1-2,4H3/b22-8+,25-18+,26-16+,28-10+. The zero-order valence-electron chi connectivity index (χ0n) is 22.0. The van der Waals surface area contributed by atoms with Crippen molar-refractivity contribution in [2.75, 3.05) is 0 Å². The first-order valence-electron chi connectivity index (χ1n) is 12.5. The lowest BCUT2D eigenvalue weighted by atomic mass is 10.0. The number of fused-ring (bicyclic) bond motifs is 1. The van der Waals surface area contributed by atoms with Crippen molar-refractivity contribution in [3.63, 3.8) is 0 Å². The number of pyridine rings is 1. The van der Waals surface area contributed by atoms with Crippen LogP contribution >= 0.6 is 0 Å². The molecule has 0 saturated heterocycles. The van der Waals surface area contributed by atoms with E-state index in [2.05, 4.69) is 45.2 Å². The van der Waals surface area contributed by atoms with Crippen LogP contribution in [0.5, 0.6) is 0 Å². The van der Waals surface area contributed by atoms with Gasteiger partial charge in [-0.25, -0.2) is 4.39 Å². The van der Waals surface area contributed by atoms with Gasteiger partial charge in [-0.1, -0.05) is 50.9 Å². The van der Waals surface area contributed by atoms with E-state index >= 15 is 0 Å². The maximum Gasteiger partial charge on any atom is 0.123 e. The van der Waals surface area contributed by atoms with Crippen LogP contribution in [0.1, 0.15) is 27.2 Å². The van der Waals surface area contributed by atoms with E-state index in [0.717, 1.165) is 61.8 Å². The van der Waals surface area contributed by atoms with Gasteiger partial charge in [0.25, 0.3) is 0 Å². The number of halogens is 1. The lowest BCUT2D eigenvalue weighted by molar-refractivity contribution is 0.628. The maximum atomic E-state index is 13.9. The third-order valence-corrected chi connectivity index (χ3v) is 6.30. The van der Waals surface area contributed by atoms with Crippen molar-refractivity contribution < 1.29 is 4.39 Å². The van der Waals surface area contributed by atoms with Crippen LogP contribution < -0.4 is 15.9 Å². The fraction of sp³-hybridized carbons (Fsp3) is 0.125. The van der Waals surface area contributed by atoms with Crippen LogP contribution in [0.3, 0.4) is 0 Å². The molecule has 3 heterocycles. The number of aromatic nitrogens is 4. The van der Waals surface area contributed by atoms with Crippen molar-refractivity contribution in [3.05, 3.63) is 119 Å². The Labute approximate surface area is 222 Å². The average Bonchev–Trinajstić information content (AvgIpc) is 3.54. The number of aromatic amines is 2. The van der Waals surface area contributed by atoms with E-state index in [1.807, 2.05) is 63.3 Å². The number of benzene rings is 1. The summed E-state index contributed by atoms with van der Waals surface area (Å²) in [5, 5.41) is 13.7. The van der Waals surface area contributed by atoms with E-state index in [1.54, 1.807) is 18.3 Å². The number of allylic oxidation sites excluding steroid dienone is 6. The van der Waals surface area contributed by atoms with Crippen LogP contribution in [0.25, 0.3) is 45.7 Å². The zero-order chi connectivity index (χ0) is 27.2. The van der Waals surface area contributed by atoms with Gasteiger partial charge in [-0.2, -0.15) is 5.10 Å². The van der Waals surface area contributed by atoms with E-state index in [4.69, 9.17) is 0 Å². The van der Waals surface area contributed by atoms with Crippen molar-refractivity contribution in [1.82, 2.24) is 25.5 Å². The first kappa shape index (κ1) is 26.4. The van der Waals surface area contributed by atoms with Crippen molar-refractivity contribution in [2.24, 2.45) is 0 Å². The van der Waals surface area contributed by atoms with E-state index < -0.39 is 0 Å². The van der Waals surface area contributed by atoms with Crippen molar-refractivity contribution in [1.29, 1.82) is 0 Å². The molecule has 38 heavy (non-hydrogen) atoms. The van der Waals surface area contributed by atoms with Crippen LogP contribution in [0, 0.1) is 5.82 Å². The molecule has 0 bridgehead atoms. The van der Waals surface area contributed by atoms with Gasteiger partial charge in [0.2, 0.25) is 0 Å². The highest BCUT2D eigenvalue weighted by Crippen LogP contribution is 2.29. The van der Waals surface area contributed by atoms with Gasteiger partial charge < -0.3 is 10.3 Å². The predicted molar refractivity (Wildman–Crippen MR) is 157 cm³/mol. The first-order valence-corrected chi connectivity index (χ1v) is 12.5. The molecule has 0 amide bonds. The molecule has 3 N–H and O–H groups in total. The molecular formula is C32H32FN5. The van der Waals surface area contributed by atoms with Gasteiger partial charge in [-0.15, -0.1) is 0 Å². The Balaban J connectivity index is 1.80. The second-order valence-electron chi connectivity index (χ2n) is 8.80. The summed E-state index contributed by atoms with van der Waals surface area (Å²) in [5.74, 6) is -0.300. The smallest absolute Gasteiger partial charge is 0.123 e. The van der Waals surface area contributed by atoms with Gasteiger partial charge in [0.1, 0.15) is 11.5 Å². The quantitative estimate of drug-likeness (QED) is 0.230. The van der Waals surface area contributed by atoms with Crippen LogP contribution in [0.4, 0.5) is 4.39 Å². The minimum atomic E-state index is -0.300. The summed E-state index contributed by atoms with van der Waals surface area (Å²) in [4.78, 5) is 8.00. The third-order valence-electron chi connectivity index (χ3n) is 6.30. The fourth-order valence-corrected chi connectivity index (χ4v) is 4.21. The fourth-order valence-electron chi connectivity index (χ4n) is 4.21. The van der Waals surface area contributed by atoms with Gasteiger partial charge in [0, 0.05) is 39.3 Å². The molecule has 4 rings (SSSR count). The first-order chi connectivity index (χ1) is 18.4. The summed E-state index contributed by atoms with van der Waals surface area (Å²) in [5.41, 5.74) is 7.40. The van der Waals surface area contributed by atoms with Crippen molar-refractivity contribution >= 4 is 23.1 Å². The molecule has 0 atom stereocenters. The highest BCUT2D eigenvalue weighted by molar-refractivity contribution is 5.96. The van der Waals surface area contributed by atoms with Crippen LogP contribution in [-0.4, -0.2) is 20.2 Å². The summed E-state index contributed by atoms with van der Waals surface area (Å²) < 4.78 is 13.9. The molecule has 0 aliphatic heterocycles. The molecule has 192 valence electrons. The largest absolute Gasteiger partial charge is 0.359 e. The molecule has 5 nitrogen and oxygen atoms in total. The van der Waals surface area contributed by atoms with E-state index in [-0.39, 0.29) is 5.82 Å². The highest BCUT2D eigenvalue weighted by atomic mass is 19.1. The monoisotopic (exact) mass is 505 g/mol. The molecule has 0 unspecified atom stereocenters. The van der Waals surface area contributed by atoms with Gasteiger partial charge >= 0.3 is 0 Å². The summed E-state index contributed by atoms with van der Waals surface area (Å²) >= 11 is 0. The molecule has 0 fully saturated rings. The van der Waals surface area contributed by atoms with Gasteiger partial charge in [-0.05, 0) is 73.9 Å². The number of nitrogens with zero attached hydrogens (tertiary/aromatic N) is 2. The normalized spacial score (nSPS) is 13.3. The SMILES string of the molecule is C=C/C(=C\C(=C/C)C(=C)/C=c1/c(-c2cc3c(-c4cccc(F)c4)nccc3[nH]2)n[nH]/c1=C/C)NC(=C)CC. The van der Waals surface area contributed by atoms with Gasteiger partial charge in [0.05, 0.1) is 16.7 Å². The molecule has 3 aromatic heterocycles. The summed E-state index contributed by atoms with van der Waals surface area (Å²) in [7, 11) is 0. The molecule has 4 aromatic rings. The summed E-state index contributed by atoms with van der Waals surface area (Å²) in [6.07, 6.45) is 12.3. The van der Waals surface area contributed by atoms with E-state index in [9.17, 15) is 4.39 Å². The minimum Gasteiger partial charge on any atom is -0.359 e. The Bertz CT molecular complexity index is 1710. The Morgan fingerprint density at radius 2 is 1.95 bits per heavy atom. The molecule has 0 saturated carbocycles. The topological polar surface area (TPSA) is 69.4 Å². The number of nitrogens with one attached hydrogen (secondary N) is 3.